The van der Waals surface area contributed by atoms with Crippen LogP contribution in [0.25, 0.3) is 0 Å². The molecule has 362 valence electrons. The van der Waals surface area contributed by atoms with Crippen LogP contribution in [-0.4, -0.2) is 185 Å². The van der Waals surface area contributed by atoms with Gasteiger partial charge in [0.1, 0.15) is 24.3 Å². The number of rotatable bonds is 29. The van der Waals surface area contributed by atoms with Gasteiger partial charge in [-0.3, -0.25) is 24.1 Å². The van der Waals surface area contributed by atoms with Crippen molar-refractivity contribution in [2.75, 3.05) is 47.9 Å². The number of nitrogens with zero attached hydrogens (tertiary/aromatic N) is 3. The first-order valence-corrected chi connectivity index (χ1v) is 22.0. The second-order valence-electron chi connectivity index (χ2n) is 17.6. The predicted molar refractivity (Wildman–Crippen MR) is 240 cm³/mol. The SMILES string of the molecule is C=C/C=C(\C=C)CC(NC(=O)C(C)C(OC)C1CCCN1C(=O)CC(OC)C(C(C)CC)N(C)C(=O)C(NC(=O)C(C(C)C)N(C)CC(O)C(O)C(O)C(O)CN)C(C)C)C(=O)O. The first-order chi connectivity index (χ1) is 29.5. The molecule has 13 unspecified atom stereocenters. The molecule has 4 amide bonds. The molecule has 0 aromatic carbocycles. The highest BCUT2D eigenvalue weighted by molar-refractivity contribution is 5.90. The number of aliphatic hydroxyl groups is 4. The lowest BCUT2D eigenvalue weighted by Crippen LogP contribution is -2.60. The summed E-state index contributed by atoms with van der Waals surface area (Å²) >= 11 is 0. The van der Waals surface area contributed by atoms with Crippen LogP contribution in [0.5, 0.6) is 0 Å². The van der Waals surface area contributed by atoms with E-state index in [1.165, 1.54) is 36.2 Å². The van der Waals surface area contributed by atoms with Crippen LogP contribution in [0.3, 0.4) is 0 Å². The highest BCUT2D eigenvalue weighted by atomic mass is 16.5. The van der Waals surface area contributed by atoms with Crippen LogP contribution in [0.1, 0.15) is 80.6 Å². The molecule has 0 aromatic rings. The quantitative estimate of drug-likeness (QED) is 0.0480. The summed E-state index contributed by atoms with van der Waals surface area (Å²) in [5.41, 5.74) is 5.97. The fourth-order valence-electron chi connectivity index (χ4n) is 8.51. The molecule has 63 heavy (non-hydrogen) atoms. The van der Waals surface area contributed by atoms with Crippen molar-refractivity contribution in [3.05, 3.63) is 37.0 Å². The van der Waals surface area contributed by atoms with E-state index in [1.54, 1.807) is 59.7 Å². The number of methoxy groups -OCH3 is 2. The molecule has 1 rings (SSSR count). The number of carbonyl (C=O) groups excluding carboxylic acids is 4. The number of hydrogen-bond acceptors (Lipinski definition) is 13. The molecular formula is C45H80N6O12. The Morgan fingerprint density at radius 2 is 1.49 bits per heavy atom. The molecule has 1 aliphatic rings. The maximum Gasteiger partial charge on any atom is 0.326 e. The second-order valence-corrected chi connectivity index (χ2v) is 17.6. The molecule has 9 N–H and O–H groups in total. The summed E-state index contributed by atoms with van der Waals surface area (Å²) in [7, 11) is 6.12. The Balaban J connectivity index is 3.33. The second kappa shape index (κ2) is 27.5. The maximum absolute atomic E-state index is 14.5. The number of aliphatic hydroxyl groups excluding tert-OH is 4. The molecule has 1 saturated heterocycles. The third-order valence-corrected chi connectivity index (χ3v) is 12.4. The Hall–Kier alpha value is -3.75. The van der Waals surface area contributed by atoms with Gasteiger partial charge >= 0.3 is 5.97 Å². The van der Waals surface area contributed by atoms with Crippen molar-refractivity contribution in [2.24, 2.45) is 29.4 Å². The molecule has 0 spiro atoms. The number of ether oxygens (including phenoxy) is 2. The molecule has 18 heteroatoms. The van der Waals surface area contributed by atoms with Gasteiger partial charge in [-0.25, -0.2) is 4.79 Å². The lowest BCUT2D eigenvalue weighted by Gasteiger charge is -2.41. The van der Waals surface area contributed by atoms with Crippen molar-refractivity contribution in [1.29, 1.82) is 0 Å². The molecule has 0 saturated carbocycles. The minimum absolute atomic E-state index is 0.00563. The van der Waals surface area contributed by atoms with Crippen LogP contribution in [0.4, 0.5) is 0 Å². The van der Waals surface area contributed by atoms with Crippen LogP contribution >= 0.6 is 0 Å². The van der Waals surface area contributed by atoms with Gasteiger partial charge in [0.05, 0.1) is 54.9 Å². The topological polar surface area (TPSA) is 265 Å². The summed E-state index contributed by atoms with van der Waals surface area (Å²) in [6.07, 6.45) is -1.69. The number of allylic oxidation sites excluding steroid dienone is 3. The van der Waals surface area contributed by atoms with Crippen molar-refractivity contribution < 1.29 is 59.0 Å². The normalized spacial score (nSPS) is 20.4. The monoisotopic (exact) mass is 897 g/mol. The van der Waals surface area contributed by atoms with E-state index in [-0.39, 0.29) is 49.6 Å². The molecular weight excluding hydrogens is 817 g/mol. The molecule has 18 nitrogen and oxygen atoms in total. The molecule has 1 heterocycles. The van der Waals surface area contributed by atoms with Gasteiger partial charge < -0.3 is 61.2 Å². The number of likely N-dealkylation sites (tertiary alicyclic amines) is 1. The van der Waals surface area contributed by atoms with Gasteiger partial charge in [-0.1, -0.05) is 86.3 Å². The number of carboxylic acid groups (broad SMARTS) is 1. The van der Waals surface area contributed by atoms with E-state index in [1.807, 2.05) is 13.8 Å². The molecule has 0 aliphatic carbocycles. The Bertz CT molecular complexity index is 1530. The molecule has 0 radical (unpaired) electrons. The van der Waals surface area contributed by atoms with Crippen molar-refractivity contribution in [1.82, 2.24) is 25.3 Å². The van der Waals surface area contributed by atoms with Crippen molar-refractivity contribution in [3.8, 4) is 0 Å². The fraction of sp³-hybridized carbons (Fsp3) is 0.756. The van der Waals surface area contributed by atoms with Crippen LogP contribution in [0.15, 0.2) is 37.0 Å². The van der Waals surface area contributed by atoms with Gasteiger partial charge in [0, 0.05) is 47.3 Å². The Morgan fingerprint density at radius 1 is 0.889 bits per heavy atom. The molecule has 0 aromatic heterocycles. The first-order valence-electron chi connectivity index (χ1n) is 22.0. The van der Waals surface area contributed by atoms with E-state index in [9.17, 15) is 49.5 Å². The summed E-state index contributed by atoms with van der Waals surface area (Å²) in [6.45, 7) is 19.9. The summed E-state index contributed by atoms with van der Waals surface area (Å²) in [5.74, 6) is -4.64. The molecule has 1 fully saturated rings. The number of carbonyl (C=O) groups is 5. The third-order valence-electron chi connectivity index (χ3n) is 12.4. The number of aliphatic carboxylic acids is 1. The number of nitrogens with two attached hydrogens (primary N) is 1. The van der Waals surface area contributed by atoms with E-state index in [0.29, 0.717) is 31.4 Å². The van der Waals surface area contributed by atoms with Gasteiger partial charge in [-0.05, 0) is 43.2 Å². The standard InChI is InChI=1S/C45H80N6O12/c1-14-18-29(16-3)21-30(45(60)61)47-42(57)28(9)41(63-13)31-19-17-20-51(31)35(54)22-34(62-12)38(27(8)15-2)50(11)44(59)36(25(4)5)48-43(58)37(26(6)7)49(10)24-33(53)40(56)39(55)32(52)23-46/h14,16,18,25-28,30-34,36-41,52-53,55-56H,1,3,15,17,19-24,46H2,2,4-13H3,(H,47,57)(H,48,58)(H,60,61)/b29-18+. The maximum atomic E-state index is 14.5. The predicted octanol–water partition coefficient (Wildman–Crippen LogP) is 0.664. The fourth-order valence-corrected chi connectivity index (χ4v) is 8.51. The third kappa shape index (κ3) is 16.0. The van der Waals surface area contributed by atoms with Crippen molar-refractivity contribution in [2.45, 2.75) is 147 Å². The van der Waals surface area contributed by atoms with Crippen LogP contribution in [0, 0.1) is 23.7 Å². The average Bonchev–Trinajstić information content (AvgIpc) is 3.72. The summed E-state index contributed by atoms with van der Waals surface area (Å²) in [5, 5.41) is 56.6. The summed E-state index contributed by atoms with van der Waals surface area (Å²) in [6, 6.07) is -4.23. The number of hydrogen-bond donors (Lipinski definition) is 8. The number of carboxylic acids is 1. The highest BCUT2D eigenvalue weighted by Crippen LogP contribution is 2.30. The zero-order chi connectivity index (χ0) is 48.5. The number of nitrogens with one attached hydrogen (secondary N) is 2. The highest BCUT2D eigenvalue weighted by Gasteiger charge is 2.44. The smallest absolute Gasteiger partial charge is 0.326 e. The van der Waals surface area contributed by atoms with E-state index < -0.39 is 96.4 Å². The lowest BCUT2D eigenvalue weighted by molar-refractivity contribution is -0.148. The van der Waals surface area contributed by atoms with E-state index in [0.717, 1.165) is 0 Å². The number of likely N-dealkylation sites (N-methyl/N-ethyl adjacent to an activating group) is 2. The summed E-state index contributed by atoms with van der Waals surface area (Å²) < 4.78 is 11.8. The molecule has 0 bridgehead atoms. The van der Waals surface area contributed by atoms with Gasteiger partial charge in [-0.2, -0.15) is 0 Å². The van der Waals surface area contributed by atoms with Gasteiger partial charge in [0.25, 0.3) is 0 Å². The Kier molecular flexibility index (Phi) is 25.0. The zero-order valence-corrected chi connectivity index (χ0v) is 39.5. The lowest BCUT2D eigenvalue weighted by atomic mass is 9.89. The van der Waals surface area contributed by atoms with E-state index in [2.05, 4.69) is 23.8 Å². The van der Waals surface area contributed by atoms with E-state index >= 15 is 0 Å². The van der Waals surface area contributed by atoms with E-state index in [4.69, 9.17) is 15.2 Å². The minimum Gasteiger partial charge on any atom is -0.480 e. The summed E-state index contributed by atoms with van der Waals surface area (Å²) in [4.78, 5) is 73.1. The van der Waals surface area contributed by atoms with Gasteiger partial charge in [-0.15, -0.1) is 0 Å². The largest absolute Gasteiger partial charge is 0.480 e. The van der Waals surface area contributed by atoms with Crippen LogP contribution < -0.4 is 16.4 Å². The molecule has 13 atom stereocenters. The zero-order valence-electron chi connectivity index (χ0n) is 39.5. The minimum atomic E-state index is -1.74. The Morgan fingerprint density at radius 3 is 1.97 bits per heavy atom. The van der Waals surface area contributed by atoms with Crippen molar-refractivity contribution >= 4 is 29.6 Å². The van der Waals surface area contributed by atoms with Crippen LogP contribution in [0.2, 0.25) is 0 Å². The van der Waals surface area contributed by atoms with Crippen molar-refractivity contribution in [3.63, 3.8) is 0 Å². The van der Waals surface area contributed by atoms with Gasteiger partial charge in [0.2, 0.25) is 23.6 Å². The first kappa shape index (κ1) is 57.3. The van der Waals surface area contributed by atoms with Crippen LogP contribution in [-0.2, 0) is 33.4 Å². The molecule has 1 aliphatic heterocycles. The Labute approximate surface area is 374 Å². The average molecular weight is 897 g/mol. The van der Waals surface area contributed by atoms with Gasteiger partial charge in [0.15, 0.2) is 0 Å². The number of amides is 4.